The highest BCUT2D eigenvalue weighted by Crippen LogP contribution is 2.31. The van der Waals surface area contributed by atoms with Gasteiger partial charge < -0.3 is 19.5 Å². The zero-order chi connectivity index (χ0) is 16.1. The van der Waals surface area contributed by atoms with Crippen molar-refractivity contribution in [2.24, 2.45) is 0 Å². The molecule has 5 heteroatoms. The van der Waals surface area contributed by atoms with Crippen LogP contribution in [0.2, 0.25) is 0 Å². The third-order valence-corrected chi connectivity index (χ3v) is 4.45. The second kappa shape index (κ2) is 7.79. The number of rotatable bonds is 5. The van der Waals surface area contributed by atoms with E-state index in [1.165, 1.54) is 6.42 Å². The molecule has 3 atom stereocenters. The van der Waals surface area contributed by atoms with Gasteiger partial charge in [0.05, 0.1) is 25.4 Å². The molecule has 2 aliphatic rings. The van der Waals surface area contributed by atoms with Gasteiger partial charge in [0, 0.05) is 18.6 Å². The summed E-state index contributed by atoms with van der Waals surface area (Å²) in [5, 5.41) is 3.08. The van der Waals surface area contributed by atoms with E-state index in [0.717, 1.165) is 37.2 Å². The standard InChI is InChI=1S/C18H25NO4/c1-13(23-12-14-6-4-5-10-21-14)18(20)19-16-9-11-22-17-8-3-2-7-15(16)17/h2-3,7-8,13-14,16H,4-6,9-12H2,1H3,(H,19,20)/t13-,14+,16+/m0/s1. The first-order chi connectivity index (χ1) is 11.2. The molecule has 2 aliphatic heterocycles. The van der Waals surface area contributed by atoms with Gasteiger partial charge in [-0.15, -0.1) is 0 Å². The molecule has 1 aromatic rings. The summed E-state index contributed by atoms with van der Waals surface area (Å²) in [5.41, 5.74) is 1.04. The predicted molar refractivity (Wildman–Crippen MR) is 86.4 cm³/mol. The highest BCUT2D eigenvalue weighted by atomic mass is 16.5. The van der Waals surface area contributed by atoms with Crippen LogP contribution in [-0.2, 0) is 14.3 Å². The van der Waals surface area contributed by atoms with E-state index >= 15 is 0 Å². The number of carbonyl (C=O) groups excluding carboxylic acids is 1. The van der Waals surface area contributed by atoms with E-state index in [2.05, 4.69) is 5.32 Å². The summed E-state index contributed by atoms with van der Waals surface area (Å²) in [7, 11) is 0. The Morgan fingerprint density at radius 1 is 1.30 bits per heavy atom. The SMILES string of the molecule is C[C@H](OC[C@H]1CCCCO1)C(=O)N[C@@H]1CCOc2ccccc21. The van der Waals surface area contributed by atoms with Gasteiger partial charge in [0.15, 0.2) is 0 Å². The number of ether oxygens (including phenoxy) is 3. The lowest BCUT2D eigenvalue weighted by atomic mass is 10.0. The first kappa shape index (κ1) is 16.3. The van der Waals surface area contributed by atoms with Crippen molar-refractivity contribution in [3.05, 3.63) is 29.8 Å². The van der Waals surface area contributed by atoms with Gasteiger partial charge in [-0.05, 0) is 32.3 Å². The monoisotopic (exact) mass is 319 g/mol. The molecule has 0 unspecified atom stereocenters. The normalized spacial score (nSPS) is 25.1. The number of hydrogen-bond acceptors (Lipinski definition) is 4. The van der Waals surface area contributed by atoms with Crippen molar-refractivity contribution >= 4 is 5.91 Å². The first-order valence-corrected chi connectivity index (χ1v) is 8.49. The molecule has 1 fully saturated rings. The van der Waals surface area contributed by atoms with Crippen LogP contribution in [0.1, 0.15) is 44.2 Å². The summed E-state index contributed by atoms with van der Waals surface area (Å²) in [4.78, 5) is 12.4. The van der Waals surface area contributed by atoms with Crippen LogP contribution in [0.3, 0.4) is 0 Å². The Bertz CT molecular complexity index is 528. The third kappa shape index (κ3) is 4.24. The summed E-state index contributed by atoms with van der Waals surface area (Å²) in [6.07, 6.45) is 3.74. The first-order valence-electron chi connectivity index (χ1n) is 8.49. The topological polar surface area (TPSA) is 56.8 Å². The van der Waals surface area contributed by atoms with Crippen molar-refractivity contribution in [3.63, 3.8) is 0 Å². The van der Waals surface area contributed by atoms with Crippen LogP contribution < -0.4 is 10.1 Å². The van der Waals surface area contributed by atoms with Crippen molar-refractivity contribution in [2.45, 2.75) is 50.9 Å². The number of carbonyl (C=O) groups is 1. The van der Waals surface area contributed by atoms with Crippen molar-refractivity contribution in [1.82, 2.24) is 5.32 Å². The molecule has 126 valence electrons. The number of nitrogens with one attached hydrogen (secondary N) is 1. The molecule has 0 spiro atoms. The minimum Gasteiger partial charge on any atom is -0.493 e. The molecule has 1 amide bonds. The molecule has 1 aromatic carbocycles. The molecule has 3 rings (SSSR count). The Balaban J connectivity index is 1.50. The summed E-state index contributed by atoms with van der Waals surface area (Å²) < 4.78 is 17.0. The maximum Gasteiger partial charge on any atom is 0.249 e. The summed E-state index contributed by atoms with van der Waals surface area (Å²) in [6.45, 7) is 3.70. The van der Waals surface area contributed by atoms with Gasteiger partial charge >= 0.3 is 0 Å². The molecule has 0 aromatic heterocycles. The molecule has 0 radical (unpaired) electrons. The van der Waals surface area contributed by atoms with Crippen LogP contribution in [0.4, 0.5) is 0 Å². The Labute approximate surface area is 137 Å². The number of fused-ring (bicyclic) bond motifs is 1. The second-order valence-corrected chi connectivity index (χ2v) is 6.20. The van der Waals surface area contributed by atoms with Crippen LogP contribution in [0.5, 0.6) is 5.75 Å². The quantitative estimate of drug-likeness (QED) is 0.906. The number of amides is 1. The van der Waals surface area contributed by atoms with Gasteiger partial charge in [-0.1, -0.05) is 18.2 Å². The molecule has 2 heterocycles. The van der Waals surface area contributed by atoms with Gasteiger partial charge in [0.2, 0.25) is 5.91 Å². The molecular weight excluding hydrogens is 294 g/mol. The Kier molecular flexibility index (Phi) is 5.51. The average molecular weight is 319 g/mol. The Morgan fingerprint density at radius 2 is 2.17 bits per heavy atom. The summed E-state index contributed by atoms with van der Waals surface area (Å²) >= 11 is 0. The molecule has 1 N–H and O–H groups in total. The van der Waals surface area contributed by atoms with E-state index in [1.54, 1.807) is 6.92 Å². The van der Waals surface area contributed by atoms with Gasteiger partial charge in [-0.25, -0.2) is 0 Å². The minimum atomic E-state index is -0.476. The average Bonchev–Trinajstić information content (AvgIpc) is 2.61. The van der Waals surface area contributed by atoms with Crippen LogP contribution >= 0.6 is 0 Å². The fourth-order valence-corrected chi connectivity index (χ4v) is 3.05. The molecule has 1 saturated heterocycles. The zero-order valence-electron chi connectivity index (χ0n) is 13.6. The maximum atomic E-state index is 12.4. The van der Waals surface area contributed by atoms with Crippen molar-refractivity contribution in [2.75, 3.05) is 19.8 Å². The van der Waals surface area contributed by atoms with Crippen LogP contribution in [0.25, 0.3) is 0 Å². The van der Waals surface area contributed by atoms with Crippen LogP contribution in [0.15, 0.2) is 24.3 Å². The largest absolute Gasteiger partial charge is 0.493 e. The molecule has 0 aliphatic carbocycles. The minimum absolute atomic E-state index is 0.00979. The van der Waals surface area contributed by atoms with Crippen LogP contribution in [-0.4, -0.2) is 37.9 Å². The zero-order valence-corrected chi connectivity index (χ0v) is 13.6. The molecule has 23 heavy (non-hydrogen) atoms. The smallest absolute Gasteiger partial charge is 0.249 e. The van der Waals surface area contributed by atoms with Crippen molar-refractivity contribution in [3.8, 4) is 5.75 Å². The molecular formula is C18H25NO4. The highest BCUT2D eigenvalue weighted by molar-refractivity contribution is 5.81. The lowest BCUT2D eigenvalue weighted by molar-refractivity contribution is -0.136. The van der Waals surface area contributed by atoms with E-state index < -0.39 is 6.10 Å². The lowest BCUT2D eigenvalue weighted by Gasteiger charge is -2.28. The van der Waals surface area contributed by atoms with Gasteiger partial charge in [-0.2, -0.15) is 0 Å². The predicted octanol–water partition coefficient (Wildman–Crippen LogP) is 2.60. The Morgan fingerprint density at radius 3 is 3.00 bits per heavy atom. The van der Waals surface area contributed by atoms with E-state index in [9.17, 15) is 4.79 Å². The third-order valence-electron chi connectivity index (χ3n) is 4.45. The lowest BCUT2D eigenvalue weighted by Crippen LogP contribution is -2.40. The van der Waals surface area contributed by atoms with Crippen molar-refractivity contribution < 1.29 is 19.0 Å². The fourth-order valence-electron chi connectivity index (χ4n) is 3.05. The number of hydrogen-bond donors (Lipinski definition) is 1. The summed E-state index contributed by atoms with van der Waals surface area (Å²) in [5.74, 6) is 0.774. The molecule has 5 nitrogen and oxygen atoms in total. The van der Waals surface area contributed by atoms with Crippen molar-refractivity contribution in [1.29, 1.82) is 0 Å². The van der Waals surface area contributed by atoms with E-state index in [4.69, 9.17) is 14.2 Å². The summed E-state index contributed by atoms with van der Waals surface area (Å²) in [6, 6.07) is 7.84. The van der Waals surface area contributed by atoms with Gasteiger partial charge in [0.1, 0.15) is 11.9 Å². The second-order valence-electron chi connectivity index (χ2n) is 6.20. The van der Waals surface area contributed by atoms with Gasteiger partial charge in [-0.3, -0.25) is 4.79 Å². The molecule has 0 saturated carbocycles. The van der Waals surface area contributed by atoms with E-state index in [1.807, 2.05) is 24.3 Å². The maximum absolute atomic E-state index is 12.4. The molecule has 0 bridgehead atoms. The Hall–Kier alpha value is -1.59. The number of benzene rings is 1. The number of para-hydroxylation sites is 1. The van der Waals surface area contributed by atoms with E-state index in [-0.39, 0.29) is 18.1 Å². The van der Waals surface area contributed by atoms with Gasteiger partial charge in [0.25, 0.3) is 0 Å². The van der Waals surface area contributed by atoms with Crippen LogP contribution in [0, 0.1) is 0 Å². The highest BCUT2D eigenvalue weighted by Gasteiger charge is 2.25. The fraction of sp³-hybridized carbons (Fsp3) is 0.611. The van der Waals surface area contributed by atoms with E-state index in [0.29, 0.717) is 13.2 Å².